The predicted octanol–water partition coefficient (Wildman–Crippen LogP) is 5.29. The number of anilines is 1. The van der Waals surface area contributed by atoms with Crippen LogP contribution in [0.5, 0.6) is 11.5 Å². The fourth-order valence-electron chi connectivity index (χ4n) is 6.76. The second kappa shape index (κ2) is 11.1. The molecule has 0 aliphatic carbocycles. The number of rotatable bonds is 6. The van der Waals surface area contributed by atoms with Crippen molar-refractivity contribution in [3.8, 4) is 11.5 Å². The van der Waals surface area contributed by atoms with Crippen LogP contribution in [0, 0.1) is 13.8 Å². The molecule has 3 aliphatic heterocycles. The van der Waals surface area contributed by atoms with Crippen LogP contribution in [0.15, 0.2) is 54.6 Å². The van der Waals surface area contributed by atoms with Crippen LogP contribution in [0.4, 0.5) is 5.69 Å². The summed E-state index contributed by atoms with van der Waals surface area (Å²) in [5.41, 5.74) is 7.28. The molecule has 1 fully saturated rings. The van der Waals surface area contributed by atoms with Gasteiger partial charge in [0.05, 0.1) is 25.2 Å². The molecule has 0 saturated carbocycles. The highest BCUT2D eigenvalue weighted by Gasteiger charge is 2.48. The second-order valence-corrected chi connectivity index (χ2v) is 11.2. The van der Waals surface area contributed by atoms with Crippen LogP contribution in [0.2, 0.25) is 0 Å². The lowest BCUT2D eigenvalue weighted by Crippen LogP contribution is -2.54. The summed E-state index contributed by atoms with van der Waals surface area (Å²) in [7, 11) is 0. The van der Waals surface area contributed by atoms with Crippen molar-refractivity contribution in [2.75, 3.05) is 50.8 Å². The average molecular weight is 554 g/mol. The molecular formula is C34H39N3O4. The first-order valence-corrected chi connectivity index (χ1v) is 14.8. The van der Waals surface area contributed by atoms with Gasteiger partial charge in [-0.2, -0.15) is 0 Å². The Hall–Kier alpha value is -4.00. The minimum Gasteiger partial charge on any atom is -0.490 e. The van der Waals surface area contributed by atoms with Crippen molar-refractivity contribution in [2.24, 2.45) is 0 Å². The summed E-state index contributed by atoms with van der Waals surface area (Å²) in [6, 6.07) is 17.9. The fourth-order valence-corrected chi connectivity index (χ4v) is 6.76. The van der Waals surface area contributed by atoms with Gasteiger partial charge >= 0.3 is 0 Å². The summed E-state index contributed by atoms with van der Waals surface area (Å²) in [5, 5.41) is 0. The van der Waals surface area contributed by atoms with Crippen molar-refractivity contribution in [1.29, 1.82) is 0 Å². The predicted molar refractivity (Wildman–Crippen MR) is 160 cm³/mol. The first kappa shape index (κ1) is 27.2. The number of ether oxygens (including phenoxy) is 2. The molecular weight excluding hydrogens is 514 g/mol. The van der Waals surface area contributed by atoms with Gasteiger partial charge in [-0.1, -0.05) is 30.3 Å². The quantitative estimate of drug-likeness (QED) is 0.415. The molecule has 3 heterocycles. The van der Waals surface area contributed by atoms with Gasteiger partial charge in [-0.15, -0.1) is 0 Å². The average Bonchev–Trinajstić information content (AvgIpc) is 2.99. The monoisotopic (exact) mass is 553 g/mol. The Morgan fingerprint density at radius 1 is 0.854 bits per heavy atom. The maximum absolute atomic E-state index is 14.5. The molecule has 7 heteroatoms. The number of aryl methyl sites for hydroxylation is 2. The lowest BCUT2D eigenvalue weighted by atomic mass is 9.75. The molecule has 6 rings (SSSR count). The largest absolute Gasteiger partial charge is 0.490 e. The van der Waals surface area contributed by atoms with Crippen molar-refractivity contribution in [3.05, 3.63) is 88.0 Å². The molecule has 0 spiro atoms. The maximum atomic E-state index is 14.5. The molecule has 0 radical (unpaired) electrons. The lowest BCUT2D eigenvalue weighted by molar-refractivity contribution is -0.135. The first-order valence-electron chi connectivity index (χ1n) is 14.8. The molecule has 2 atom stereocenters. The van der Waals surface area contributed by atoms with Gasteiger partial charge in [0.2, 0.25) is 5.91 Å². The Morgan fingerprint density at radius 3 is 2.29 bits per heavy atom. The van der Waals surface area contributed by atoms with Crippen molar-refractivity contribution >= 4 is 17.5 Å². The van der Waals surface area contributed by atoms with Crippen LogP contribution >= 0.6 is 0 Å². The highest BCUT2D eigenvalue weighted by Crippen LogP contribution is 2.49. The highest BCUT2D eigenvalue weighted by molar-refractivity contribution is 6.01. The standard InChI is InChI=1S/C34H39N3O4/c1-5-40-29-20-24-13-14-37-32(27(24)21-30(29)41-6-2)31(25-9-7-8-10-26(25)33(37)38)34(39)36-17-15-35(16-18-36)28-19-22(3)11-12-23(28)4/h7-12,19-21,31-32H,5-6,13-18H2,1-4H3/t31-,32-/m1/s1. The Labute approximate surface area is 242 Å². The summed E-state index contributed by atoms with van der Waals surface area (Å²) in [6.07, 6.45) is 0.710. The van der Waals surface area contributed by atoms with E-state index >= 15 is 0 Å². The lowest BCUT2D eigenvalue weighted by Gasteiger charge is -2.47. The van der Waals surface area contributed by atoms with Gasteiger partial charge in [0.1, 0.15) is 0 Å². The second-order valence-electron chi connectivity index (χ2n) is 11.2. The molecule has 0 bridgehead atoms. The number of hydrogen-bond donors (Lipinski definition) is 0. The molecule has 7 nitrogen and oxygen atoms in total. The molecule has 214 valence electrons. The van der Waals surface area contributed by atoms with E-state index in [0.29, 0.717) is 50.6 Å². The van der Waals surface area contributed by atoms with E-state index in [1.165, 1.54) is 16.8 Å². The maximum Gasteiger partial charge on any atom is 0.254 e. The highest BCUT2D eigenvalue weighted by atomic mass is 16.5. The van der Waals surface area contributed by atoms with Crippen LogP contribution in [-0.2, 0) is 11.2 Å². The van der Waals surface area contributed by atoms with E-state index in [-0.39, 0.29) is 17.9 Å². The van der Waals surface area contributed by atoms with Crippen molar-refractivity contribution < 1.29 is 19.1 Å². The Balaban J connectivity index is 1.36. The van der Waals surface area contributed by atoms with Gasteiger partial charge in [0, 0.05) is 44.0 Å². The van der Waals surface area contributed by atoms with Crippen LogP contribution < -0.4 is 14.4 Å². The van der Waals surface area contributed by atoms with Gasteiger partial charge in [0.25, 0.3) is 5.91 Å². The number of piperazine rings is 1. The third kappa shape index (κ3) is 4.81. The van der Waals surface area contributed by atoms with Gasteiger partial charge in [0.15, 0.2) is 11.5 Å². The third-order valence-electron chi connectivity index (χ3n) is 8.75. The van der Waals surface area contributed by atoms with E-state index in [9.17, 15) is 9.59 Å². The molecule has 3 aromatic carbocycles. The zero-order valence-corrected chi connectivity index (χ0v) is 24.5. The van der Waals surface area contributed by atoms with Gasteiger partial charge in [-0.05, 0) is 86.2 Å². The molecule has 0 aromatic heterocycles. The van der Waals surface area contributed by atoms with E-state index in [2.05, 4.69) is 43.0 Å². The number of hydrogen-bond acceptors (Lipinski definition) is 5. The van der Waals surface area contributed by atoms with Crippen LogP contribution in [0.3, 0.4) is 0 Å². The fraction of sp³-hybridized carbons (Fsp3) is 0.412. The number of carbonyl (C=O) groups excluding carboxylic acids is 2. The zero-order chi connectivity index (χ0) is 28.7. The molecule has 0 N–H and O–H groups in total. The normalized spacial score (nSPS) is 19.8. The van der Waals surface area contributed by atoms with Gasteiger partial charge in [-0.25, -0.2) is 0 Å². The van der Waals surface area contributed by atoms with E-state index in [0.717, 1.165) is 35.5 Å². The number of benzene rings is 3. The van der Waals surface area contributed by atoms with Crippen LogP contribution in [-0.4, -0.2) is 67.6 Å². The van der Waals surface area contributed by atoms with Crippen molar-refractivity contribution in [3.63, 3.8) is 0 Å². The van der Waals surface area contributed by atoms with Gasteiger partial charge in [-0.3, -0.25) is 9.59 Å². The number of nitrogens with zero attached hydrogens (tertiary/aromatic N) is 3. The van der Waals surface area contributed by atoms with Crippen molar-refractivity contribution in [2.45, 2.75) is 46.1 Å². The topological polar surface area (TPSA) is 62.3 Å². The Kier molecular flexibility index (Phi) is 7.37. The Morgan fingerprint density at radius 2 is 1.56 bits per heavy atom. The molecule has 1 saturated heterocycles. The van der Waals surface area contributed by atoms with Crippen LogP contribution in [0.1, 0.15) is 64.0 Å². The molecule has 3 aromatic rings. The molecule has 41 heavy (non-hydrogen) atoms. The summed E-state index contributed by atoms with van der Waals surface area (Å²) in [4.78, 5) is 34.6. The summed E-state index contributed by atoms with van der Waals surface area (Å²) >= 11 is 0. The van der Waals surface area contributed by atoms with Gasteiger partial charge < -0.3 is 24.2 Å². The van der Waals surface area contributed by atoms with E-state index in [4.69, 9.17) is 9.47 Å². The van der Waals surface area contributed by atoms with E-state index in [1.807, 2.05) is 54.0 Å². The SMILES string of the molecule is CCOc1cc2c(cc1OCC)[C@@H]1[C@H](C(=O)N3CCN(c4cc(C)ccc4C)CC3)c3ccccc3C(=O)N1CC2. The van der Waals surface area contributed by atoms with Crippen molar-refractivity contribution in [1.82, 2.24) is 9.80 Å². The van der Waals surface area contributed by atoms with Crippen LogP contribution in [0.25, 0.3) is 0 Å². The summed E-state index contributed by atoms with van der Waals surface area (Å²) in [5.74, 6) is 0.971. The first-order chi connectivity index (χ1) is 19.9. The minimum absolute atomic E-state index is 0.00751. The number of carbonyl (C=O) groups is 2. The third-order valence-corrected chi connectivity index (χ3v) is 8.75. The summed E-state index contributed by atoms with van der Waals surface area (Å²) < 4.78 is 11.9. The Bertz CT molecular complexity index is 1480. The molecule has 0 unspecified atom stereocenters. The number of fused-ring (bicyclic) bond motifs is 4. The summed E-state index contributed by atoms with van der Waals surface area (Å²) in [6.45, 7) is 12.6. The number of amides is 2. The molecule has 2 amide bonds. The van der Waals surface area contributed by atoms with E-state index in [1.54, 1.807) is 0 Å². The minimum atomic E-state index is -0.484. The molecule has 3 aliphatic rings. The smallest absolute Gasteiger partial charge is 0.254 e. The zero-order valence-electron chi connectivity index (χ0n) is 24.5. The van der Waals surface area contributed by atoms with E-state index < -0.39 is 5.92 Å².